The summed E-state index contributed by atoms with van der Waals surface area (Å²) in [7, 11) is 0. The molecule has 11 nitrogen and oxygen atoms in total. The highest BCUT2D eigenvalue weighted by Gasteiger charge is 2.31. The van der Waals surface area contributed by atoms with E-state index in [1.54, 1.807) is 4.90 Å². The van der Waals surface area contributed by atoms with Crippen molar-refractivity contribution in [3.8, 4) is 11.4 Å². The van der Waals surface area contributed by atoms with Gasteiger partial charge in [-0.05, 0) is 58.1 Å². The van der Waals surface area contributed by atoms with Crippen LogP contribution in [0.5, 0.6) is 0 Å². The molecule has 0 spiro atoms. The summed E-state index contributed by atoms with van der Waals surface area (Å²) in [6, 6.07) is 6.05. The molecule has 1 amide bonds. The number of likely N-dealkylation sites (tertiary alicyclic amines) is 1. The topological polar surface area (TPSA) is 147 Å². The highest BCUT2D eigenvalue weighted by molar-refractivity contribution is 6.38. The predicted molar refractivity (Wildman–Crippen MR) is 149 cm³/mol. The number of piperidine rings is 1. The van der Waals surface area contributed by atoms with Gasteiger partial charge in [0.1, 0.15) is 29.7 Å². The van der Waals surface area contributed by atoms with Crippen molar-refractivity contribution in [3.63, 3.8) is 0 Å². The highest BCUT2D eigenvalue weighted by atomic mass is 35.5. The second-order valence-corrected chi connectivity index (χ2v) is 11.8. The van der Waals surface area contributed by atoms with Crippen LogP contribution in [0, 0.1) is 0 Å². The van der Waals surface area contributed by atoms with E-state index in [0.717, 1.165) is 29.3 Å². The summed E-state index contributed by atoms with van der Waals surface area (Å²) in [6.45, 7) is 6.68. The van der Waals surface area contributed by atoms with Gasteiger partial charge in [-0.15, -0.1) is 0 Å². The summed E-state index contributed by atoms with van der Waals surface area (Å²) in [6.07, 6.45) is 3.92. The molecule has 2 fully saturated rings. The van der Waals surface area contributed by atoms with Crippen LogP contribution in [0.25, 0.3) is 33.3 Å². The van der Waals surface area contributed by atoms with Crippen LogP contribution in [0.2, 0.25) is 5.02 Å². The Labute approximate surface area is 230 Å². The largest absolute Gasteiger partial charge is 0.444 e. The number of hydrogen-bond donors (Lipinski definition) is 4. The van der Waals surface area contributed by atoms with Gasteiger partial charge < -0.3 is 25.5 Å². The van der Waals surface area contributed by atoms with Crippen molar-refractivity contribution in [1.29, 1.82) is 0 Å². The molecule has 4 heterocycles. The zero-order chi connectivity index (χ0) is 27.5. The fourth-order valence-corrected chi connectivity index (χ4v) is 5.43. The number of rotatable bonds is 5. The number of amides is 1. The molecule has 0 bridgehead atoms. The number of nitrogens with zero attached hydrogens (tertiary/aromatic N) is 5. The summed E-state index contributed by atoms with van der Waals surface area (Å²) in [5.41, 5.74) is 9.15. The Balaban J connectivity index is 1.33. The van der Waals surface area contributed by atoms with Crippen LogP contribution < -0.4 is 11.1 Å². The van der Waals surface area contributed by atoms with Crippen molar-refractivity contribution in [2.24, 2.45) is 0 Å². The zero-order valence-electron chi connectivity index (χ0n) is 22.2. The second kappa shape index (κ2) is 9.65. The van der Waals surface area contributed by atoms with E-state index in [9.17, 15) is 9.90 Å². The number of hydrogen-bond acceptors (Lipinski definition) is 8. The van der Waals surface area contributed by atoms with E-state index in [-0.39, 0.29) is 12.1 Å². The molecule has 1 saturated heterocycles. The number of nitrogens with one attached hydrogen (secondary N) is 2. The number of nitrogens with two attached hydrogens (primary N) is 1. The summed E-state index contributed by atoms with van der Waals surface area (Å²) < 4.78 is 7.42. The number of carbonyl (C=O) groups excluding carboxylic acids is 1. The molecule has 206 valence electrons. The van der Waals surface area contributed by atoms with E-state index >= 15 is 0 Å². The van der Waals surface area contributed by atoms with Gasteiger partial charge in [-0.2, -0.15) is 5.10 Å². The number of fused-ring (bicyclic) bond motifs is 2. The second-order valence-electron chi connectivity index (χ2n) is 11.4. The first-order valence-electron chi connectivity index (χ1n) is 13.3. The average molecular weight is 553 g/mol. The molecule has 1 unspecified atom stereocenters. The van der Waals surface area contributed by atoms with Gasteiger partial charge >= 0.3 is 6.09 Å². The third-order valence-corrected chi connectivity index (χ3v) is 7.66. The van der Waals surface area contributed by atoms with Crippen LogP contribution in [-0.2, 0) is 4.74 Å². The smallest absolute Gasteiger partial charge is 0.410 e. The maximum atomic E-state index is 12.6. The van der Waals surface area contributed by atoms with Crippen LogP contribution in [0.4, 0.5) is 10.6 Å². The lowest BCUT2D eigenvalue weighted by molar-refractivity contribution is 0.0186. The van der Waals surface area contributed by atoms with Gasteiger partial charge in [0, 0.05) is 30.0 Å². The molecule has 2 aliphatic rings. The third kappa shape index (κ3) is 5.02. The van der Waals surface area contributed by atoms with Crippen LogP contribution in [0.15, 0.2) is 24.5 Å². The van der Waals surface area contributed by atoms with E-state index in [1.807, 2.05) is 43.7 Å². The summed E-state index contributed by atoms with van der Waals surface area (Å²) in [5, 5.41) is 20.7. The molecule has 12 heteroatoms. The summed E-state index contributed by atoms with van der Waals surface area (Å²) in [4.78, 5) is 26.4. The van der Waals surface area contributed by atoms with Gasteiger partial charge in [0.2, 0.25) is 0 Å². The average Bonchev–Trinajstić information content (AvgIpc) is 3.53. The number of halogens is 1. The minimum Gasteiger partial charge on any atom is -0.444 e. The molecular weight excluding hydrogens is 520 g/mol. The van der Waals surface area contributed by atoms with E-state index in [0.29, 0.717) is 65.2 Å². The Morgan fingerprint density at radius 1 is 1.23 bits per heavy atom. The standard InChI is InChI=1S/C27H33ClN8O3/c1-27(2,3)39-26(38)35-10-8-16(9-11-35)36-24-19(23(29)30-13-31-24)21(34-36)22-20(28)17-7-4-14(12-18(17)33-22)25(37)32-15-5-6-15/h4,7,12-13,15-16,25,32-33,37H,5-6,8-11H2,1-3H3,(H2,29,30,31). The molecule has 1 aliphatic carbocycles. The summed E-state index contributed by atoms with van der Waals surface area (Å²) in [5.74, 6) is 0.312. The SMILES string of the molecule is CC(C)(C)OC(=O)N1CCC(n2nc(-c3[nH]c4cc(C(O)NC5CC5)ccc4c3Cl)c3c(N)ncnc32)CC1. The van der Waals surface area contributed by atoms with Gasteiger partial charge in [-0.3, -0.25) is 5.32 Å². The van der Waals surface area contributed by atoms with E-state index < -0.39 is 11.8 Å². The number of carbonyl (C=O) groups is 1. The van der Waals surface area contributed by atoms with Crippen molar-refractivity contribution in [1.82, 2.24) is 34.9 Å². The Kier molecular flexibility index (Phi) is 6.40. The number of anilines is 1. The number of nitrogen functional groups attached to an aromatic ring is 1. The fraction of sp³-hybridized carbons (Fsp3) is 0.481. The number of aromatic amines is 1. The Morgan fingerprint density at radius 2 is 1.97 bits per heavy atom. The van der Waals surface area contributed by atoms with Crippen molar-refractivity contribution < 1.29 is 14.6 Å². The molecular formula is C27H33ClN8O3. The van der Waals surface area contributed by atoms with Crippen molar-refractivity contribution in [2.45, 2.75) is 70.4 Å². The van der Waals surface area contributed by atoms with Gasteiger partial charge in [0.15, 0.2) is 5.65 Å². The molecule has 1 aliphatic heterocycles. The predicted octanol–water partition coefficient (Wildman–Crippen LogP) is 4.53. The Morgan fingerprint density at radius 3 is 2.67 bits per heavy atom. The molecule has 39 heavy (non-hydrogen) atoms. The molecule has 1 aromatic carbocycles. The van der Waals surface area contributed by atoms with Gasteiger partial charge in [0.25, 0.3) is 0 Å². The summed E-state index contributed by atoms with van der Waals surface area (Å²) >= 11 is 6.87. The Bertz CT molecular complexity index is 1550. The number of H-pyrrole nitrogens is 1. The number of ether oxygens (including phenoxy) is 1. The maximum Gasteiger partial charge on any atom is 0.410 e. The number of aliphatic hydroxyl groups excluding tert-OH is 1. The number of aliphatic hydroxyl groups is 1. The molecule has 4 aromatic rings. The first kappa shape index (κ1) is 25.8. The quantitative estimate of drug-likeness (QED) is 0.264. The monoisotopic (exact) mass is 552 g/mol. The van der Waals surface area contributed by atoms with Gasteiger partial charge in [-0.25, -0.2) is 19.4 Å². The van der Waals surface area contributed by atoms with Gasteiger partial charge in [0.05, 0.1) is 22.1 Å². The van der Waals surface area contributed by atoms with Crippen LogP contribution >= 0.6 is 11.6 Å². The van der Waals surface area contributed by atoms with Crippen molar-refractivity contribution >= 4 is 45.4 Å². The Hall–Kier alpha value is -3.41. The molecule has 1 atom stereocenters. The molecule has 6 rings (SSSR count). The molecule has 5 N–H and O–H groups in total. The van der Waals surface area contributed by atoms with Crippen LogP contribution in [0.1, 0.15) is 64.3 Å². The zero-order valence-corrected chi connectivity index (χ0v) is 23.0. The lowest BCUT2D eigenvalue weighted by Crippen LogP contribution is -2.42. The number of benzene rings is 1. The first-order valence-corrected chi connectivity index (χ1v) is 13.7. The maximum absolute atomic E-state index is 12.6. The fourth-order valence-electron chi connectivity index (χ4n) is 5.13. The minimum atomic E-state index is -0.747. The van der Waals surface area contributed by atoms with Crippen molar-refractivity contribution in [3.05, 3.63) is 35.1 Å². The lowest BCUT2D eigenvalue weighted by Gasteiger charge is -2.33. The van der Waals surface area contributed by atoms with Crippen LogP contribution in [-0.4, -0.2) is 65.6 Å². The first-order chi connectivity index (χ1) is 18.6. The molecule has 3 aromatic heterocycles. The van der Waals surface area contributed by atoms with E-state index in [2.05, 4.69) is 20.3 Å². The molecule has 1 saturated carbocycles. The van der Waals surface area contributed by atoms with Crippen LogP contribution in [0.3, 0.4) is 0 Å². The normalized spacial score (nSPS) is 17.7. The van der Waals surface area contributed by atoms with E-state index in [4.69, 9.17) is 27.2 Å². The lowest BCUT2D eigenvalue weighted by atomic mass is 10.1. The minimum absolute atomic E-state index is 0.00707. The highest BCUT2D eigenvalue weighted by Crippen LogP contribution is 2.40. The van der Waals surface area contributed by atoms with E-state index in [1.165, 1.54) is 6.33 Å². The molecule has 0 radical (unpaired) electrons. The number of aromatic nitrogens is 5. The van der Waals surface area contributed by atoms with Gasteiger partial charge in [-0.1, -0.05) is 23.7 Å². The van der Waals surface area contributed by atoms with Crippen molar-refractivity contribution in [2.75, 3.05) is 18.8 Å². The third-order valence-electron chi connectivity index (χ3n) is 7.26.